The minimum atomic E-state index is 0.392. The Morgan fingerprint density at radius 3 is 2.92 bits per heavy atom. The second-order valence-electron chi connectivity index (χ2n) is 8.21. The fraction of sp³-hybridized carbons (Fsp3) is 0.591. The smallest absolute Gasteiger partial charge is 0.0301 e. The topological polar surface area (TPSA) is 50.4 Å². The minimum Gasteiger partial charge on any atom is -0.404 e. The predicted molar refractivity (Wildman–Crippen MR) is 106 cm³/mol. The largest absolute Gasteiger partial charge is 0.404 e. The lowest BCUT2D eigenvalue weighted by molar-refractivity contribution is 0.337. The van der Waals surface area contributed by atoms with Crippen molar-refractivity contribution in [1.82, 2.24) is 5.32 Å². The van der Waals surface area contributed by atoms with Crippen LogP contribution in [-0.4, -0.2) is 25.8 Å². The molecule has 25 heavy (non-hydrogen) atoms. The number of fused-ring (bicyclic) bond motifs is 2. The van der Waals surface area contributed by atoms with Gasteiger partial charge in [-0.05, 0) is 61.3 Å². The highest BCUT2D eigenvalue weighted by molar-refractivity contribution is 6.09. The molecule has 0 amide bonds. The van der Waals surface area contributed by atoms with Crippen molar-refractivity contribution in [3.8, 4) is 0 Å². The molecule has 2 atom stereocenters. The molecular formula is C22H31N3. The Hall–Kier alpha value is -1.61. The van der Waals surface area contributed by atoms with Gasteiger partial charge in [0, 0.05) is 36.5 Å². The zero-order chi connectivity index (χ0) is 17.3. The van der Waals surface area contributed by atoms with E-state index >= 15 is 0 Å². The number of nitrogens with zero attached hydrogens (tertiary/aromatic N) is 1. The van der Waals surface area contributed by atoms with Gasteiger partial charge in [0.15, 0.2) is 0 Å². The molecule has 3 heteroatoms. The maximum Gasteiger partial charge on any atom is 0.0301 e. The molecule has 3 N–H and O–H groups in total. The quantitative estimate of drug-likeness (QED) is 0.803. The predicted octanol–water partition coefficient (Wildman–Crippen LogP) is 3.81. The third-order valence-electron chi connectivity index (χ3n) is 6.72. The van der Waals surface area contributed by atoms with Crippen LogP contribution >= 0.6 is 0 Å². The summed E-state index contributed by atoms with van der Waals surface area (Å²) in [6, 6.07) is 7.56. The second-order valence-corrected chi connectivity index (χ2v) is 8.21. The molecule has 0 aromatic heterocycles. The van der Waals surface area contributed by atoms with Crippen LogP contribution in [-0.2, 0) is 11.8 Å². The van der Waals surface area contributed by atoms with Gasteiger partial charge in [0.2, 0.25) is 0 Å². The first kappa shape index (κ1) is 16.8. The molecule has 2 unspecified atom stereocenters. The number of hydrogen-bond acceptors (Lipinski definition) is 3. The van der Waals surface area contributed by atoms with Crippen LogP contribution in [0.5, 0.6) is 0 Å². The van der Waals surface area contributed by atoms with E-state index in [9.17, 15) is 0 Å². The van der Waals surface area contributed by atoms with Crippen molar-refractivity contribution < 1.29 is 0 Å². The number of aryl methyl sites for hydroxylation is 1. The van der Waals surface area contributed by atoms with Crippen molar-refractivity contribution in [2.45, 2.75) is 62.8 Å². The molecule has 2 fully saturated rings. The number of nitrogens with two attached hydrogens (primary N) is 1. The molecule has 0 radical (unpaired) electrons. The molecule has 2 saturated carbocycles. The summed E-state index contributed by atoms with van der Waals surface area (Å²) in [6.45, 7) is 1.22. The molecule has 1 aromatic carbocycles. The van der Waals surface area contributed by atoms with E-state index in [0.717, 1.165) is 11.5 Å². The van der Waals surface area contributed by atoms with Crippen LogP contribution in [0.25, 0.3) is 5.57 Å². The van der Waals surface area contributed by atoms with Gasteiger partial charge in [-0.25, -0.2) is 0 Å². The van der Waals surface area contributed by atoms with Gasteiger partial charge >= 0.3 is 0 Å². The summed E-state index contributed by atoms with van der Waals surface area (Å²) >= 11 is 0. The summed E-state index contributed by atoms with van der Waals surface area (Å²) in [5.41, 5.74) is 11.5. The van der Waals surface area contributed by atoms with Crippen molar-refractivity contribution in [3.63, 3.8) is 0 Å². The minimum absolute atomic E-state index is 0.392. The molecule has 1 aromatic rings. The van der Waals surface area contributed by atoms with Gasteiger partial charge in [0.25, 0.3) is 0 Å². The van der Waals surface area contributed by atoms with Crippen LogP contribution in [0.2, 0.25) is 0 Å². The molecule has 134 valence electrons. The Morgan fingerprint density at radius 2 is 2.16 bits per heavy atom. The Balaban J connectivity index is 1.48. The van der Waals surface area contributed by atoms with E-state index in [1.165, 1.54) is 69.0 Å². The monoisotopic (exact) mass is 337 g/mol. The molecule has 0 bridgehead atoms. The first-order valence-corrected chi connectivity index (χ1v) is 9.98. The third-order valence-corrected chi connectivity index (χ3v) is 6.72. The van der Waals surface area contributed by atoms with Gasteiger partial charge < -0.3 is 11.1 Å². The van der Waals surface area contributed by atoms with E-state index in [1.54, 1.807) is 18.8 Å². The molecular weight excluding hydrogens is 306 g/mol. The summed E-state index contributed by atoms with van der Waals surface area (Å²) in [5, 5.41) is 3.92. The van der Waals surface area contributed by atoms with Gasteiger partial charge in [-0.15, -0.1) is 0 Å². The first-order valence-electron chi connectivity index (χ1n) is 9.98. The molecule has 0 aliphatic heterocycles. The maximum absolute atomic E-state index is 5.81. The molecule has 3 aliphatic rings. The van der Waals surface area contributed by atoms with Crippen molar-refractivity contribution >= 4 is 11.8 Å². The number of hydrogen-bond donors (Lipinski definition) is 2. The summed E-state index contributed by atoms with van der Waals surface area (Å²) < 4.78 is 0. The van der Waals surface area contributed by atoms with E-state index in [-0.39, 0.29) is 0 Å². The zero-order valence-electron chi connectivity index (χ0n) is 15.4. The van der Waals surface area contributed by atoms with Crippen LogP contribution in [0.15, 0.2) is 29.4 Å². The van der Waals surface area contributed by atoms with E-state index in [4.69, 9.17) is 5.73 Å². The van der Waals surface area contributed by atoms with Gasteiger partial charge in [0.1, 0.15) is 0 Å². The van der Waals surface area contributed by atoms with Crippen molar-refractivity contribution in [2.24, 2.45) is 16.6 Å². The van der Waals surface area contributed by atoms with Crippen LogP contribution in [0, 0.1) is 5.92 Å². The normalized spacial score (nSPS) is 29.5. The van der Waals surface area contributed by atoms with Crippen LogP contribution in [0.1, 0.15) is 61.6 Å². The molecule has 3 aliphatic carbocycles. The van der Waals surface area contributed by atoms with Crippen LogP contribution < -0.4 is 11.1 Å². The van der Waals surface area contributed by atoms with E-state index in [0.29, 0.717) is 11.5 Å². The summed E-state index contributed by atoms with van der Waals surface area (Å²) in [4.78, 5) is 4.14. The highest BCUT2D eigenvalue weighted by atomic mass is 15.0. The number of aliphatic imine (C=N–C) groups is 1. The average molecular weight is 338 g/mol. The summed E-state index contributed by atoms with van der Waals surface area (Å²) in [5.74, 6) is 0.908. The van der Waals surface area contributed by atoms with Crippen LogP contribution in [0.4, 0.5) is 0 Å². The molecule has 0 heterocycles. The Labute approximate surface area is 151 Å². The van der Waals surface area contributed by atoms with Gasteiger partial charge in [-0.2, -0.15) is 0 Å². The van der Waals surface area contributed by atoms with Gasteiger partial charge in [0.05, 0.1) is 0 Å². The van der Waals surface area contributed by atoms with Crippen molar-refractivity contribution in [3.05, 3.63) is 41.1 Å². The third kappa shape index (κ3) is 3.15. The number of allylic oxidation sites excluding steroid dienone is 1. The van der Waals surface area contributed by atoms with Crippen LogP contribution in [0.3, 0.4) is 0 Å². The lowest BCUT2D eigenvalue weighted by Gasteiger charge is -2.22. The second kappa shape index (κ2) is 6.95. The molecule has 4 rings (SSSR count). The number of nitrogens with one attached hydrogen (secondary N) is 1. The molecule has 1 spiro atoms. The van der Waals surface area contributed by atoms with E-state index in [2.05, 4.69) is 28.5 Å². The van der Waals surface area contributed by atoms with Gasteiger partial charge in [-0.1, -0.05) is 37.5 Å². The Bertz CT molecular complexity index is 685. The van der Waals surface area contributed by atoms with Crippen molar-refractivity contribution in [2.75, 3.05) is 13.6 Å². The summed E-state index contributed by atoms with van der Waals surface area (Å²) in [6.07, 6.45) is 14.5. The highest BCUT2D eigenvalue weighted by Gasteiger charge is 2.57. The SMILES string of the molecule is CN=CC(=CN)c1ccc2c(c1)C1(CC2)CC1NCC1CCCCC1. The summed E-state index contributed by atoms with van der Waals surface area (Å²) in [7, 11) is 1.80. The lowest BCUT2D eigenvalue weighted by Crippen LogP contribution is -2.30. The van der Waals surface area contributed by atoms with Crippen molar-refractivity contribution in [1.29, 1.82) is 0 Å². The zero-order valence-corrected chi connectivity index (χ0v) is 15.4. The molecule has 3 nitrogen and oxygen atoms in total. The maximum atomic E-state index is 5.81. The highest BCUT2D eigenvalue weighted by Crippen LogP contribution is 2.57. The number of rotatable bonds is 5. The van der Waals surface area contributed by atoms with E-state index < -0.39 is 0 Å². The Morgan fingerprint density at radius 1 is 1.32 bits per heavy atom. The van der Waals surface area contributed by atoms with Gasteiger partial charge in [-0.3, -0.25) is 4.99 Å². The van der Waals surface area contributed by atoms with E-state index in [1.807, 2.05) is 6.21 Å². The Kier molecular flexibility index (Phi) is 4.68. The number of benzene rings is 1. The first-order chi connectivity index (χ1) is 12.3. The fourth-order valence-corrected chi connectivity index (χ4v) is 5.13. The molecule has 0 saturated heterocycles. The standard InChI is InChI=1S/C22H31N3/c1-24-15-19(13-23)18-8-7-17-9-10-22(20(17)11-18)12-21(22)25-14-16-5-3-2-4-6-16/h7-8,11,13,15-16,21,25H,2-6,9-10,12,14,23H2,1H3. The lowest BCUT2D eigenvalue weighted by atomic mass is 9.89. The average Bonchev–Trinajstić information content (AvgIpc) is 3.25. The fourth-order valence-electron chi connectivity index (χ4n) is 5.13.